The Bertz CT molecular complexity index is 667. The molecule has 3 aliphatic rings. The molecule has 0 atom stereocenters. The molecule has 1 saturated heterocycles. The lowest BCUT2D eigenvalue weighted by atomic mass is 9.68. The number of morpholine rings is 1. The largest absolute Gasteiger partial charge is 0.478 e. The van der Waals surface area contributed by atoms with Crippen molar-refractivity contribution in [3.05, 3.63) is 29.3 Å². The summed E-state index contributed by atoms with van der Waals surface area (Å²) < 4.78 is 11.3. The van der Waals surface area contributed by atoms with Gasteiger partial charge >= 0.3 is 0 Å². The fraction of sp³-hybridized carbons (Fsp3) is 0.556. The first-order chi connectivity index (χ1) is 12.2. The van der Waals surface area contributed by atoms with Crippen molar-refractivity contribution >= 4 is 29.1 Å². The highest BCUT2D eigenvalue weighted by Gasteiger charge is 2.57. The number of hydrazone groups is 1. The van der Waals surface area contributed by atoms with Gasteiger partial charge in [-0.3, -0.25) is 9.69 Å². The predicted octanol–water partition coefficient (Wildman–Crippen LogP) is 2.52. The average Bonchev–Trinajstić information content (AvgIpc) is 2.89. The second-order valence-electron chi connectivity index (χ2n) is 6.74. The molecule has 6 nitrogen and oxygen atoms in total. The van der Waals surface area contributed by atoms with Gasteiger partial charge in [0.25, 0.3) is 5.91 Å². The van der Waals surface area contributed by atoms with E-state index >= 15 is 0 Å². The zero-order valence-electron chi connectivity index (χ0n) is 14.1. The van der Waals surface area contributed by atoms with Crippen molar-refractivity contribution in [3.63, 3.8) is 0 Å². The first-order valence-corrected chi connectivity index (χ1v) is 9.19. The lowest BCUT2D eigenvalue weighted by molar-refractivity contribution is -0.127. The van der Waals surface area contributed by atoms with Crippen molar-refractivity contribution in [1.82, 2.24) is 4.90 Å². The van der Waals surface area contributed by atoms with E-state index in [1.807, 2.05) is 12.1 Å². The van der Waals surface area contributed by atoms with Crippen LogP contribution in [0.4, 0.5) is 5.69 Å². The van der Waals surface area contributed by atoms with Gasteiger partial charge in [0.15, 0.2) is 0 Å². The second kappa shape index (κ2) is 6.94. The van der Waals surface area contributed by atoms with Crippen LogP contribution in [0.2, 0.25) is 5.02 Å². The summed E-state index contributed by atoms with van der Waals surface area (Å²) in [6.45, 7) is 4.77. The summed E-state index contributed by atoms with van der Waals surface area (Å²) in [7, 11) is 0. The van der Waals surface area contributed by atoms with Gasteiger partial charge in [0, 0.05) is 24.7 Å². The molecule has 2 heterocycles. The Balaban J connectivity index is 1.45. The van der Waals surface area contributed by atoms with E-state index in [-0.39, 0.29) is 5.91 Å². The topological polar surface area (TPSA) is 54.4 Å². The molecular weight excluding hydrogens is 342 g/mol. The minimum atomic E-state index is -0.551. The molecule has 4 rings (SSSR count). The van der Waals surface area contributed by atoms with Gasteiger partial charge in [-0.15, -0.1) is 5.10 Å². The van der Waals surface area contributed by atoms with E-state index < -0.39 is 5.41 Å². The van der Waals surface area contributed by atoms with Crippen LogP contribution in [0.25, 0.3) is 0 Å². The molecule has 2 aliphatic heterocycles. The lowest BCUT2D eigenvalue weighted by Gasteiger charge is -2.36. The van der Waals surface area contributed by atoms with Gasteiger partial charge in [0.1, 0.15) is 12.0 Å². The molecule has 1 aromatic rings. The summed E-state index contributed by atoms with van der Waals surface area (Å²) in [5.41, 5.74) is 0.178. The number of nitrogens with zero attached hydrogens (tertiary/aromatic N) is 3. The van der Waals surface area contributed by atoms with Crippen LogP contribution in [-0.4, -0.2) is 56.2 Å². The molecule has 0 radical (unpaired) electrons. The Hall–Kier alpha value is -1.63. The number of benzene rings is 1. The average molecular weight is 364 g/mol. The standard InChI is InChI=1S/C18H22ClN3O3/c19-14-2-4-15(5-3-14)22-17(23)18(6-1-7-18)16(20-22)25-13-10-21-8-11-24-12-9-21/h2-5H,1,6-13H2. The van der Waals surface area contributed by atoms with E-state index in [2.05, 4.69) is 10.0 Å². The quantitative estimate of drug-likeness (QED) is 0.824. The molecule has 1 spiro atoms. The van der Waals surface area contributed by atoms with Crippen LogP contribution < -0.4 is 5.01 Å². The third-order valence-electron chi connectivity index (χ3n) is 5.23. The number of amides is 1. The molecule has 0 N–H and O–H groups in total. The third kappa shape index (κ3) is 3.14. The number of ether oxygens (including phenoxy) is 2. The predicted molar refractivity (Wildman–Crippen MR) is 95.9 cm³/mol. The fourth-order valence-corrected chi connectivity index (χ4v) is 3.63. The molecule has 0 aromatic heterocycles. The monoisotopic (exact) mass is 363 g/mol. The van der Waals surface area contributed by atoms with Gasteiger partial charge in [-0.2, -0.15) is 5.01 Å². The van der Waals surface area contributed by atoms with Crippen molar-refractivity contribution in [2.75, 3.05) is 44.5 Å². The molecule has 1 saturated carbocycles. The van der Waals surface area contributed by atoms with Crippen LogP contribution >= 0.6 is 11.6 Å². The van der Waals surface area contributed by atoms with Crippen molar-refractivity contribution in [3.8, 4) is 0 Å². The highest BCUT2D eigenvalue weighted by atomic mass is 35.5. The molecule has 1 amide bonds. The maximum absolute atomic E-state index is 12.9. The maximum atomic E-state index is 12.9. The highest BCUT2D eigenvalue weighted by Crippen LogP contribution is 2.48. The van der Waals surface area contributed by atoms with Crippen LogP contribution in [0.5, 0.6) is 0 Å². The van der Waals surface area contributed by atoms with Crippen molar-refractivity contribution in [2.45, 2.75) is 19.3 Å². The van der Waals surface area contributed by atoms with Crippen LogP contribution in [0, 0.1) is 5.41 Å². The zero-order valence-corrected chi connectivity index (χ0v) is 14.9. The smallest absolute Gasteiger partial charge is 0.263 e. The van der Waals surface area contributed by atoms with Crippen LogP contribution in [0.15, 0.2) is 29.4 Å². The van der Waals surface area contributed by atoms with E-state index in [0.29, 0.717) is 17.5 Å². The number of carbonyl (C=O) groups is 1. The Morgan fingerprint density at radius 2 is 1.92 bits per heavy atom. The maximum Gasteiger partial charge on any atom is 0.263 e. The van der Waals surface area contributed by atoms with E-state index in [1.54, 1.807) is 12.1 Å². The van der Waals surface area contributed by atoms with Gasteiger partial charge in [0.2, 0.25) is 5.90 Å². The van der Waals surface area contributed by atoms with E-state index in [0.717, 1.165) is 57.8 Å². The summed E-state index contributed by atoms with van der Waals surface area (Å²) in [6.07, 6.45) is 2.66. The van der Waals surface area contributed by atoms with Crippen molar-refractivity contribution in [2.24, 2.45) is 10.5 Å². The Labute approximate surface area is 152 Å². The van der Waals surface area contributed by atoms with Gasteiger partial charge in [0.05, 0.1) is 18.9 Å². The molecule has 2 fully saturated rings. The molecule has 134 valence electrons. The number of hydrogen-bond donors (Lipinski definition) is 0. The summed E-state index contributed by atoms with van der Waals surface area (Å²) in [4.78, 5) is 15.3. The van der Waals surface area contributed by atoms with Crippen LogP contribution in [0.3, 0.4) is 0 Å². The second-order valence-corrected chi connectivity index (χ2v) is 7.17. The van der Waals surface area contributed by atoms with Crippen LogP contribution in [-0.2, 0) is 14.3 Å². The number of rotatable bonds is 4. The first kappa shape index (κ1) is 16.8. The van der Waals surface area contributed by atoms with Gasteiger partial charge < -0.3 is 9.47 Å². The minimum Gasteiger partial charge on any atom is -0.478 e. The van der Waals surface area contributed by atoms with Crippen molar-refractivity contribution < 1.29 is 14.3 Å². The molecule has 25 heavy (non-hydrogen) atoms. The van der Waals surface area contributed by atoms with E-state index in [9.17, 15) is 4.79 Å². The lowest BCUT2D eigenvalue weighted by Crippen LogP contribution is -2.46. The van der Waals surface area contributed by atoms with E-state index in [4.69, 9.17) is 21.1 Å². The Morgan fingerprint density at radius 1 is 1.20 bits per heavy atom. The number of hydrogen-bond acceptors (Lipinski definition) is 5. The fourth-order valence-electron chi connectivity index (χ4n) is 3.50. The zero-order chi connectivity index (χ0) is 17.3. The first-order valence-electron chi connectivity index (χ1n) is 8.81. The van der Waals surface area contributed by atoms with Crippen LogP contribution in [0.1, 0.15) is 19.3 Å². The summed E-state index contributed by atoms with van der Waals surface area (Å²) in [5.74, 6) is 0.592. The summed E-state index contributed by atoms with van der Waals surface area (Å²) >= 11 is 5.94. The SMILES string of the molecule is O=C1N(c2ccc(Cl)cc2)N=C(OCCN2CCOCC2)C12CCC2. The molecular formula is C18H22ClN3O3. The van der Waals surface area contributed by atoms with Gasteiger partial charge in [-0.25, -0.2) is 0 Å². The normalized spacial score (nSPS) is 22.8. The summed E-state index contributed by atoms with van der Waals surface area (Å²) in [6, 6.07) is 7.16. The van der Waals surface area contributed by atoms with Gasteiger partial charge in [-0.1, -0.05) is 18.0 Å². The number of halogens is 1. The number of anilines is 1. The number of carbonyl (C=O) groups excluding carboxylic acids is 1. The molecule has 1 aromatic carbocycles. The van der Waals surface area contributed by atoms with Gasteiger partial charge in [-0.05, 0) is 37.1 Å². The highest BCUT2D eigenvalue weighted by molar-refractivity contribution is 6.30. The van der Waals surface area contributed by atoms with Crippen molar-refractivity contribution in [1.29, 1.82) is 0 Å². The molecule has 7 heteroatoms. The third-order valence-corrected chi connectivity index (χ3v) is 5.48. The molecule has 1 aliphatic carbocycles. The summed E-state index contributed by atoms with van der Waals surface area (Å²) in [5, 5.41) is 6.63. The molecule has 0 bridgehead atoms. The Morgan fingerprint density at radius 3 is 2.56 bits per heavy atom. The minimum absolute atomic E-state index is 0.0162. The van der Waals surface area contributed by atoms with E-state index in [1.165, 1.54) is 5.01 Å². The molecule has 0 unspecified atom stereocenters. The Kier molecular flexibility index (Phi) is 4.67.